The summed E-state index contributed by atoms with van der Waals surface area (Å²) in [6.07, 6.45) is 0. The van der Waals surface area contributed by atoms with Crippen LogP contribution in [-0.4, -0.2) is 0 Å². The fourth-order valence-corrected chi connectivity index (χ4v) is 5.50. The highest BCUT2D eigenvalue weighted by Crippen LogP contribution is 2.45. The molecule has 0 saturated carbocycles. The quantitative estimate of drug-likeness (QED) is 0.172. The van der Waals surface area contributed by atoms with Crippen LogP contribution in [0, 0.1) is 0 Å². The maximum Gasteiger partial charge on any atom is 0.0412 e. The number of hydrogen-bond donors (Lipinski definition) is 0. The predicted octanol–water partition coefficient (Wildman–Crippen LogP) is 9.26. The van der Waals surface area contributed by atoms with Crippen LogP contribution in [0.4, 0.5) is 0 Å². The topological polar surface area (TPSA) is 0 Å². The molecule has 0 nitrogen and oxygen atoms in total. The molecule has 144 valence electrons. The maximum absolute atomic E-state index is 6.50. The first kappa shape index (κ1) is 17.1. The summed E-state index contributed by atoms with van der Waals surface area (Å²) in [6.45, 7) is 0. The van der Waals surface area contributed by atoms with Crippen LogP contribution in [0.25, 0.3) is 64.6 Å². The number of halogens is 1. The zero-order chi connectivity index (χ0) is 20.5. The molecule has 0 bridgehead atoms. The van der Waals surface area contributed by atoms with Crippen LogP contribution >= 0.6 is 11.6 Å². The van der Waals surface area contributed by atoms with Crippen LogP contribution in [0.15, 0.2) is 103 Å². The molecular formula is C30H17Cl. The van der Waals surface area contributed by atoms with E-state index in [1.54, 1.807) is 0 Å². The summed E-state index contributed by atoms with van der Waals surface area (Å²) in [5.74, 6) is 0. The van der Waals surface area contributed by atoms with E-state index in [4.69, 9.17) is 11.6 Å². The van der Waals surface area contributed by atoms with Crippen LogP contribution in [0.5, 0.6) is 0 Å². The summed E-state index contributed by atoms with van der Waals surface area (Å²) < 4.78 is 0. The lowest BCUT2D eigenvalue weighted by Gasteiger charge is -2.17. The molecule has 1 heteroatoms. The zero-order valence-electron chi connectivity index (χ0n) is 16.7. The van der Waals surface area contributed by atoms with Crippen LogP contribution in [0.1, 0.15) is 0 Å². The van der Waals surface area contributed by atoms with Gasteiger partial charge in [-0.15, -0.1) is 0 Å². The van der Waals surface area contributed by atoms with Gasteiger partial charge in [-0.3, -0.25) is 0 Å². The smallest absolute Gasteiger partial charge is 0.0412 e. The van der Waals surface area contributed by atoms with Crippen molar-refractivity contribution in [2.75, 3.05) is 0 Å². The van der Waals surface area contributed by atoms with Crippen molar-refractivity contribution >= 4 is 76.2 Å². The van der Waals surface area contributed by atoms with Crippen molar-refractivity contribution in [3.8, 4) is 0 Å². The number of fused-ring (bicyclic) bond motifs is 12. The number of rotatable bonds is 0. The van der Waals surface area contributed by atoms with E-state index in [2.05, 4.69) is 97.1 Å². The Labute approximate surface area is 184 Å². The van der Waals surface area contributed by atoms with Gasteiger partial charge in [-0.25, -0.2) is 0 Å². The Kier molecular flexibility index (Phi) is 3.42. The molecule has 0 aliphatic rings. The lowest BCUT2D eigenvalue weighted by atomic mass is 9.86. The molecular weight excluding hydrogens is 396 g/mol. The van der Waals surface area contributed by atoms with E-state index in [-0.39, 0.29) is 0 Å². The van der Waals surface area contributed by atoms with Gasteiger partial charge in [-0.2, -0.15) is 0 Å². The van der Waals surface area contributed by atoms with E-state index in [0.29, 0.717) is 0 Å². The second-order valence-corrected chi connectivity index (χ2v) is 8.71. The van der Waals surface area contributed by atoms with Crippen molar-refractivity contribution in [2.24, 2.45) is 0 Å². The average Bonchev–Trinajstić information content (AvgIpc) is 2.82. The molecule has 0 spiro atoms. The first-order valence-electron chi connectivity index (χ1n) is 10.6. The largest absolute Gasteiger partial charge is 0.0843 e. The standard InChI is InChI=1S/C30H17Cl/c31-20-13-14-25-27(17-20)26-15-18-7-1-2-8-19(18)16-28(26)30-24-12-6-4-10-22(24)21-9-3-5-11-23(21)29(25)30/h1-17H. The average molecular weight is 413 g/mol. The summed E-state index contributed by atoms with van der Waals surface area (Å²) in [5.41, 5.74) is 0. The zero-order valence-corrected chi connectivity index (χ0v) is 17.4. The molecule has 0 heterocycles. The molecule has 0 N–H and O–H groups in total. The van der Waals surface area contributed by atoms with E-state index < -0.39 is 0 Å². The third-order valence-corrected chi connectivity index (χ3v) is 6.86. The predicted molar refractivity (Wildman–Crippen MR) is 136 cm³/mol. The summed E-state index contributed by atoms with van der Waals surface area (Å²) in [5, 5.41) is 16.1. The van der Waals surface area contributed by atoms with Gasteiger partial charge in [0.2, 0.25) is 0 Å². The van der Waals surface area contributed by atoms with Crippen molar-refractivity contribution in [3.63, 3.8) is 0 Å². The molecule has 0 unspecified atom stereocenters. The molecule has 0 aliphatic carbocycles. The highest BCUT2D eigenvalue weighted by Gasteiger charge is 2.16. The van der Waals surface area contributed by atoms with Crippen molar-refractivity contribution in [1.29, 1.82) is 0 Å². The molecule has 7 rings (SSSR count). The summed E-state index contributed by atoms with van der Waals surface area (Å²) in [4.78, 5) is 0. The van der Waals surface area contributed by atoms with Gasteiger partial charge in [0.1, 0.15) is 0 Å². The first-order chi connectivity index (χ1) is 15.3. The molecule has 31 heavy (non-hydrogen) atoms. The van der Waals surface area contributed by atoms with Crippen molar-refractivity contribution < 1.29 is 0 Å². The van der Waals surface area contributed by atoms with E-state index in [9.17, 15) is 0 Å². The van der Waals surface area contributed by atoms with Gasteiger partial charge >= 0.3 is 0 Å². The normalized spacial score (nSPS) is 12.0. The van der Waals surface area contributed by atoms with Gasteiger partial charge in [-0.05, 0) is 88.9 Å². The Morgan fingerprint density at radius 3 is 1.45 bits per heavy atom. The number of benzene rings is 7. The molecule has 0 amide bonds. The minimum absolute atomic E-state index is 0.770. The minimum atomic E-state index is 0.770. The van der Waals surface area contributed by atoms with E-state index in [1.165, 1.54) is 64.6 Å². The van der Waals surface area contributed by atoms with Crippen molar-refractivity contribution in [2.45, 2.75) is 0 Å². The highest BCUT2D eigenvalue weighted by atomic mass is 35.5. The number of hydrogen-bond acceptors (Lipinski definition) is 0. The fraction of sp³-hybridized carbons (Fsp3) is 0. The summed E-state index contributed by atoms with van der Waals surface area (Å²) in [7, 11) is 0. The van der Waals surface area contributed by atoms with Gasteiger partial charge in [0.25, 0.3) is 0 Å². The third kappa shape index (κ3) is 2.31. The Morgan fingerprint density at radius 1 is 0.355 bits per heavy atom. The molecule has 0 aliphatic heterocycles. The van der Waals surface area contributed by atoms with Crippen LogP contribution < -0.4 is 0 Å². The molecule has 0 fully saturated rings. The summed E-state index contributed by atoms with van der Waals surface area (Å²) >= 11 is 6.50. The highest BCUT2D eigenvalue weighted by molar-refractivity contribution is 6.41. The SMILES string of the molecule is Clc1ccc2c(c1)c1cc3ccccc3cc1c1c3ccccc3c3ccccc3c21. The molecule has 0 radical (unpaired) electrons. The van der Waals surface area contributed by atoms with Crippen molar-refractivity contribution in [3.05, 3.63) is 108 Å². The van der Waals surface area contributed by atoms with Gasteiger partial charge in [0.05, 0.1) is 0 Å². The minimum Gasteiger partial charge on any atom is -0.0843 e. The van der Waals surface area contributed by atoms with Gasteiger partial charge in [0, 0.05) is 5.02 Å². The Bertz CT molecular complexity index is 1840. The van der Waals surface area contributed by atoms with Crippen LogP contribution in [0.3, 0.4) is 0 Å². The molecule has 7 aromatic rings. The maximum atomic E-state index is 6.50. The van der Waals surface area contributed by atoms with Gasteiger partial charge < -0.3 is 0 Å². The van der Waals surface area contributed by atoms with E-state index >= 15 is 0 Å². The van der Waals surface area contributed by atoms with Gasteiger partial charge in [0.15, 0.2) is 0 Å². The Hall–Kier alpha value is -3.61. The van der Waals surface area contributed by atoms with Crippen molar-refractivity contribution in [1.82, 2.24) is 0 Å². The Morgan fingerprint density at radius 2 is 0.806 bits per heavy atom. The lowest BCUT2D eigenvalue weighted by Crippen LogP contribution is -1.89. The second kappa shape index (κ2) is 6.20. The lowest BCUT2D eigenvalue weighted by molar-refractivity contribution is 1.78. The Balaban J connectivity index is 1.94. The second-order valence-electron chi connectivity index (χ2n) is 8.28. The van der Waals surface area contributed by atoms with Gasteiger partial charge in [-0.1, -0.05) is 90.5 Å². The molecule has 0 saturated heterocycles. The van der Waals surface area contributed by atoms with E-state index in [1.807, 2.05) is 6.07 Å². The third-order valence-electron chi connectivity index (χ3n) is 6.63. The monoisotopic (exact) mass is 412 g/mol. The van der Waals surface area contributed by atoms with E-state index in [0.717, 1.165) is 5.02 Å². The molecule has 7 aromatic carbocycles. The summed E-state index contributed by atoms with van der Waals surface area (Å²) in [6, 6.07) is 37.2. The van der Waals surface area contributed by atoms with Crippen LogP contribution in [0.2, 0.25) is 5.02 Å². The molecule has 0 atom stereocenters. The van der Waals surface area contributed by atoms with Crippen LogP contribution in [-0.2, 0) is 0 Å². The first-order valence-corrected chi connectivity index (χ1v) is 10.9. The fourth-order valence-electron chi connectivity index (χ4n) is 5.33. The molecule has 0 aromatic heterocycles.